The number of carbonyl (C=O) groups excluding carboxylic acids is 2. The number of anilines is 1. The van der Waals surface area contributed by atoms with Crippen LogP contribution in [0.1, 0.15) is 58.8 Å². The van der Waals surface area contributed by atoms with E-state index in [1.807, 2.05) is 56.3 Å². The number of fused-ring (bicyclic) bond motifs is 1. The molecule has 1 N–H and O–H groups in total. The van der Waals surface area contributed by atoms with Crippen LogP contribution in [0.4, 0.5) is 5.69 Å². The molecule has 0 unspecified atom stereocenters. The molecule has 1 aliphatic carbocycles. The fourth-order valence-electron chi connectivity index (χ4n) is 5.31. The van der Waals surface area contributed by atoms with Crippen molar-refractivity contribution in [2.75, 3.05) is 25.2 Å². The van der Waals surface area contributed by atoms with E-state index in [4.69, 9.17) is 14.2 Å². The van der Waals surface area contributed by atoms with Crippen LogP contribution in [0.15, 0.2) is 60.7 Å². The second kappa shape index (κ2) is 11.2. The maximum absolute atomic E-state index is 14.4. The molecule has 2 amide bonds. The molecule has 1 aliphatic heterocycles. The van der Waals surface area contributed by atoms with Crippen LogP contribution in [-0.2, 0) is 4.79 Å². The summed E-state index contributed by atoms with van der Waals surface area (Å²) in [7, 11) is 1.60. The monoisotopic (exact) mass is 514 g/mol. The van der Waals surface area contributed by atoms with E-state index in [-0.39, 0.29) is 17.9 Å². The minimum Gasteiger partial charge on any atom is -0.497 e. The van der Waals surface area contributed by atoms with Crippen molar-refractivity contribution in [1.29, 1.82) is 0 Å². The van der Waals surface area contributed by atoms with Gasteiger partial charge in [-0.1, -0.05) is 42.7 Å². The predicted molar refractivity (Wildman–Crippen MR) is 146 cm³/mol. The molecule has 7 nitrogen and oxygen atoms in total. The van der Waals surface area contributed by atoms with E-state index in [0.717, 1.165) is 36.8 Å². The minimum atomic E-state index is -0.886. The molecule has 198 valence electrons. The van der Waals surface area contributed by atoms with Gasteiger partial charge in [0.25, 0.3) is 5.91 Å². The smallest absolute Gasteiger partial charge is 0.259 e. The minimum absolute atomic E-state index is 0.105. The van der Waals surface area contributed by atoms with Gasteiger partial charge in [0, 0.05) is 17.3 Å². The van der Waals surface area contributed by atoms with Crippen LogP contribution >= 0.6 is 0 Å². The molecule has 38 heavy (non-hydrogen) atoms. The standard InChI is InChI=1S/C31H34N2O5/c1-20-8-14-26(21(2)18-20)33(31(35)23-11-15-27-28(19-23)38-17-16-37-27)29(22-9-12-25(36-3)13-10-22)30(34)32-24-6-4-5-7-24/h8-15,18-19,24,29H,4-7,16-17H2,1-3H3,(H,32,34)/t29-/m1/s1. The quantitative estimate of drug-likeness (QED) is 0.449. The number of hydrogen-bond donors (Lipinski definition) is 1. The number of amides is 2. The lowest BCUT2D eigenvalue weighted by Gasteiger charge is -2.34. The van der Waals surface area contributed by atoms with Gasteiger partial charge in [-0.25, -0.2) is 0 Å². The van der Waals surface area contributed by atoms with E-state index in [1.165, 1.54) is 0 Å². The molecule has 0 radical (unpaired) electrons. The number of ether oxygens (including phenoxy) is 3. The summed E-state index contributed by atoms with van der Waals surface area (Å²) in [5, 5.41) is 3.23. The molecule has 0 saturated heterocycles. The Morgan fingerprint density at radius 1 is 0.921 bits per heavy atom. The van der Waals surface area contributed by atoms with Crippen LogP contribution in [0.3, 0.4) is 0 Å². The lowest BCUT2D eigenvalue weighted by molar-refractivity contribution is -0.123. The van der Waals surface area contributed by atoms with Gasteiger partial charge in [0.2, 0.25) is 5.91 Å². The number of nitrogens with one attached hydrogen (secondary N) is 1. The van der Waals surface area contributed by atoms with Crippen molar-refractivity contribution in [3.63, 3.8) is 0 Å². The number of rotatable bonds is 7. The molecule has 7 heteroatoms. The second-order valence-corrected chi connectivity index (χ2v) is 9.99. The van der Waals surface area contributed by atoms with Gasteiger partial charge in [0.1, 0.15) is 25.0 Å². The Morgan fingerprint density at radius 3 is 2.32 bits per heavy atom. The molecule has 1 saturated carbocycles. The van der Waals surface area contributed by atoms with Crippen LogP contribution in [0, 0.1) is 13.8 Å². The SMILES string of the molecule is COc1ccc([C@H](C(=O)NC2CCCC2)N(C(=O)c2ccc3c(c2)OCCO3)c2ccc(C)cc2C)cc1. The van der Waals surface area contributed by atoms with Crippen LogP contribution in [0.5, 0.6) is 17.2 Å². The highest BCUT2D eigenvalue weighted by atomic mass is 16.6. The maximum Gasteiger partial charge on any atom is 0.259 e. The Labute approximate surface area is 223 Å². The Hall–Kier alpha value is -4.00. The average Bonchev–Trinajstić information content (AvgIpc) is 3.44. The molecular weight excluding hydrogens is 480 g/mol. The summed E-state index contributed by atoms with van der Waals surface area (Å²) in [4.78, 5) is 30.0. The second-order valence-electron chi connectivity index (χ2n) is 9.99. The Kier molecular flexibility index (Phi) is 7.54. The number of nitrogens with zero attached hydrogens (tertiary/aromatic N) is 1. The van der Waals surface area contributed by atoms with E-state index in [1.54, 1.807) is 30.2 Å². The highest BCUT2D eigenvalue weighted by Gasteiger charge is 2.36. The molecule has 1 fully saturated rings. The molecule has 3 aromatic rings. The fourth-order valence-corrected chi connectivity index (χ4v) is 5.31. The first-order valence-electron chi connectivity index (χ1n) is 13.2. The average molecular weight is 515 g/mol. The molecule has 5 rings (SSSR count). The van der Waals surface area contributed by atoms with E-state index >= 15 is 0 Å². The van der Waals surface area contributed by atoms with Gasteiger partial charge in [-0.2, -0.15) is 0 Å². The van der Waals surface area contributed by atoms with E-state index in [2.05, 4.69) is 5.32 Å². The van der Waals surface area contributed by atoms with Crippen molar-refractivity contribution in [3.05, 3.63) is 82.9 Å². The Morgan fingerprint density at radius 2 is 1.63 bits per heavy atom. The zero-order valence-electron chi connectivity index (χ0n) is 22.2. The van der Waals surface area contributed by atoms with Crippen LogP contribution < -0.4 is 24.4 Å². The summed E-state index contributed by atoms with van der Waals surface area (Å²) < 4.78 is 16.8. The molecular formula is C31H34N2O5. The van der Waals surface area contributed by atoms with Crippen molar-refractivity contribution in [3.8, 4) is 17.2 Å². The molecule has 1 heterocycles. The molecule has 1 atom stereocenters. The first kappa shape index (κ1) is 25.6. The van der Waals surface area contributed by atoms with Gasteiger partial charge in [0.05, 0.1) is 7.11 Å². The Balaban J connectivity index is 1.62. The topological polar surface area (TPSA) is 77.1 Å². The van der Waals surface area contributed by atoms with E-state index in [0.29, 0.717) is 47.3 Å². The summed E-state index contributed by atoms with van der Waals surface area (Å²) >= 11 is 0. The van der Waals surface area contributed by atoms with Crippen molar-refractivity contribution < 1.29 is 23.8 Å². The van der Waals surface area contributed by atoms with Crippen molar-refractivity contribution in [2.24, 2.45) is 0 Å². The molecule has 3 aromatic carbocycles. The molecule has 0 spiro atoms. The molecule has 0 aromatic heterocycles. The number of benzene rings is 3. The van der Waals surface area contributed by atoms with Gasteiger partial charge in [0.15, 0.2) is 11.5 Å². The number of methoxy groups -OCH3 is 1. The zero-order chi connectivity index (χ0) is 26.6. The largest absolute Gasteiger partial charge is 0.497 e. The normalized spacial score (nSPS) is 15.6. The highest BCUT2D eigenvalue weighted by molar-refractivity contribution is 6.10. The van der Waals surface area contributed by atoms with E-state index in [9.17, 15) is 9.59 Å². The van der Waals surface area contributed by atoms with Gasteiger partial charge >= 0.3 is 0 Å². The summed E-state index contributed by atoms with van der Waals surface area (Å²) in [5.74, 6) is 1.32. The maximum atomic E-state index is 14.4. The molecule has 2 aliphatic rings. The molecule has 0 bridgehead atoms. The number of aryl methyl sites for hydroxylation is 2. The predicted octanol–water partition coefficient (Wildman–Crippen LogP) is 5.53. The van der Waals surface area contributed by atoms with E-state index < -0.39 is 6.04 Å². The Bertz CT molecular complexity index is 1310. The highest BCUT2D eigenvalue weighted by Crippen LogP contribution is 2.36. The van der Waals surface area contributed by atoms with Gasteiger partial charge < -0.3 is 19.5 Å². The third-order valence-corrected chi connectivity index (χ3v) is 7.26. The summed E-state index contributed by atoms with van der Waals surface area (Å²) in [5.41, 5.74) is 3.78. The van der Waals surface area contributed by atoms with Crippen molar-refractivity contribution in [2.45, 2.75) is 51.6 Å². The lowest BCUT2D eigenvalue weighted by atomic mass is 9.99. The van der Waals surface area contributed by atoms with Crippen LogP contribution in [0.25, 0.3) is 0 Å². The van der Waals surface area contributed by atoms with Gasteiger partial charge in [-0.15, -0.1) is 0 Å². The van der Waals surface area contributed by atoms with Gasteiger partial charge in [-0.05, 0) is 74.2 Å². The van der Waals surface area contributed by atoms with Crippen molar-refractivity contribution in [1.82, 2.24) is 5.32 Å². The zero-order valence-corrected chi connectivity index (χ0v) is 22.2. The third kappa shape index (κ3) is 5.32. The summed E-state index contributed by atoms with van der Waals surface area (Å²) in [6, 6.07) is 17.7. The lowest BCUT2D eigenvalue weighted by Crippen LogP contribution is -2.46. The van der Waals surface area contributed by atoms with Gasteiger partial charge in [-0.3, -0.25) is 14.5 Å². The summed E-state index contributed by atoms with van der Waals surface area (Å²) in [6.07, 6.45) is 4.08. The number of hydrogen-bond acceptors (Lipinski definition) is 5. The first-order chi connectivity index (χ1) is 18.4. The summed E-state index contributed by atoms with van der Waals surface area (Å²) in [6.45, 7) is 4.86. The van der Waals surface area contributed by atoms with Crippen LogP contribution in [-0.4, -0.2) is 38.2 Å². The third-order valence-electron chi connectivity index (χ3n) is 7.26. The van der Waals surface area contributed by atoms with Crippen molar-refractivity contribution >= 4 is 17.5 Å². The van der Waals surface area contributed by atoms with Crippen LogP contribution in [0.2, 0.25) is 0 Å². The number of carbonyl (C=O) groups is 2. The first-order valence-corrected chi connectivity index (χ1v) is 13.2. The fraction of sp³-hybridized carbons (Fsp3) is 0.355.